The van der Waals surface area contributed by atoms with Crippen LogP contribution in [0.25, 0.3) is 0 Å². The van der Waals surface area contributed by atoms with Crippen LogP contribution in [0.15, 0.2) is 18.2 Å². The van der Waals surface area contributed by atoms with Crippen molar-refractivity contribution in [2.45, 2.75) is 25.4 Å². The molecule has 0 amide bonds. The van der Waals surface area contributed by atoms with Gasteiger partial charge in [-0.05, 0) is 19.1 Å². The maximum atomic E-state index is 11.4. The highest BCUT2D eigenvalue weighted by atomic mass is 16.6. The number of nitro groups is 1. The summed E-state index contributed by atoms with van der Waals surface area (Å²) in [5.41, 5.74) is 0.222. The van der Waals surface area contributed by atoms with E-state index in [1.165, 1.54) is 13.0 Å². The summed E-state index contributed by atoms with van der Waals surface area (Å²) in [5, 5.41) is 14.3. The van der Waals surface area contributed by atoms with Crippen LogP contribution in [-0.4, -0.2) is 43.2 Å². The summed E-state index contributed by atoms with van der Waals surface area (Å²) in [5.74, 6) is -0.201. The molecule has 0 saturated carbocycles. The number of carbonyl (C=O) groups excluding carboxylic acids is 1. The molecule has 0 bridgehead atoms. The van der Waals surface area contributed by atoms with E-state index in [2.05, 4.69) is 5.32 Å². The van der Waals surface area contributed by atoms with Crippen LogP contribution in [-0.2, 0) is 9.47 Å². The predicted octanol–water partition coefficient (Wildman–Crippen LogP) is 2.40. The lowest BCUT2D eigenvalue weighted by Gasteiger charge is -2.36. The number of hydrogen-bond donors (Lipinski definition) is 1. The molecule has 0 radical (unpaired) electrons. The summed E-state index contributed by atoms with van der Waals surface area (Å²) in [7, 11) is 1.64. The van der Waals surface area contributed by atoms with E-state index in [9.17, 15) is 14.9 Å². The summed E-state index contributed by atoms with van der Waals surface area (Å²) in [6.07, 6.45) is 1.46. The van der Waals surface area contributed by atoms with Gasteiger partial charge in [0.1, 0.15) is 5.69 Å². The second-order valence-corrected chi connectivity index (χ2v) is 5.40. The first kappa shape index (κ1) is 16.4. The maximum Gasteiger partial charge on any atom is 0.293 e. The van der Waals surface area contributed by atoms with Gasteiger partial charge in [-0.2, -0.15) is 0 Å². The minimum atomic E-state index is -0.488. The highest BCUT2D eigenvalue weighted by Crippen LogP contribution is 2.29. The molecule has 1 aliphatic rings. The predicted molar refractivity (Wildman–Crippen MR) is 81.4 cm³/mol. The number of carbonyl (C=O) groups is 1. The highest BCUT2D eigenvalue weighted by Gasteiger charge is 2.33. The van der Waals surface area contributed by atoms with Crippen LogP contribution in [0.5, 0.6) is 0 Å². The molecule has 1 aromatic carbocycles. The van der Waals surface area contributed by atoms with Crippen molar-refractivity contribution in [2.75, 3.05) is 32.2 Å². The fraction of sp³-hybridized carbons (Fsp3) is 0.533. The number of ketones is 1. The van der Waals surface area contributed by atoms with Gasteiger partial charge in [-0.1, -0.05) is 0 Å². The fourth-order valence-electron chi connectivity index (χ4n) is 2.50. The molecule has 0 atom stereocenters. The fourth-order valence-corrected chi connectivity index (χ4v) is 2.50. The van der Waals surface area contributed by atoms with Gasteiger partial charge < -0.3 is 14.8 Å². The van der Waals surface area contributed by atoms with Crippen LogP contribution in [0.3, 0.4) is 0 Å². The van der Waals surface area contributed by atoms with Crippen LogP contribution >= 0.6 is 0 Å². The van der Waals surface area contributed by atoms with Crippen molar-refractivity contribution in [3.8, 4) is 0 Å². The number of anilines is 1. The molecule has 1 N–H and O–H groups in total. The van der Waals surface area contributed by atoms with Crippen LogP contribution in [0, 0.1) is 10.1 Å². The number of ether oxygens (including phenoxy) is 2. The zero-order chi connectivity index (χ0) is 16.2. The second-order valence-electron chi connectivity index (χ2n) is 5.40. The number of nitrogens with one attached hydrogen (secondary N) is 1. The lowest BCUT2D eigenvalue weighted by molar-refractivity contribution is -0.384. The lowest BCUT2D eigenvalue weighted by atomic mass is 9.94. The van der Waals surface area contributed by atoms with Gasteiger partial charge in [-0.3, -0.25) is 14.9 Å². The van der Waals surface area contributed by atoms with Crippen molar-refractivity contribution in [3.63, 3.8) is 0 Å². The first-order valence-electron chi connectivity index (χ1n) is 7.13. The number of methoxy groups -OCH3 is 1. The molecule has 7 nitrogen and oxygen atoms in total. The second kappa shape index (κ2) is 6.85. The molecule has 22 heavy (non-hydrogen) atoms. The van der Waals surface area contributed by atoms with Crippen LogP contribution in [0.2, 0.25) is 0 Å². The van der Waals surface area contributed by atoms with Gasteiger partial charge >= 0.3 is 0 Å². The average Bonchev–Trinajstić information content (AvgIpc) is 2.53. The molecule has 1 heterocycles. The Bertz CT molecular complexity index is 567. The Balaban J connectivity index is 2.18. The highest BCUT2D eigenvalue weighted by molar-refractivity contribution is 5.95. The molecule has 0 aromatic heterocycles. The number of hydrogen-bond acceptors (Lipinski definition) is 6. The summed E-state index contributed by atoms with van der Waals surface area (Å²) in [6.45, 7) is 3.06. The van der Waals surface area contributed by atoms with E-state index in [4.69, 9.17) is 9.47 Å². The number of benzene rings is 1. The number of Topliss-reactive ketones (excluding diaryl/α,β-unsaturated/α-hetero) is 1. The largest absolute Gasteiger partial charge is 0.381 e. The standard InChI is InChI=1S/C15H20N2O5/c1-11(18)12-3-4-13(14(9-12)17(19)20)16-10-15(21-2)5-7-22-8-6-15/h3-4,9,16H,5-8,10H2,1-2H3. The quantitative estimate of drug-likeness (QED) is 0.493. The van der Waals surface area contributed by atoms with Crippen molar-refractivity contribution in [2.24, 2.45) is 0 Å². The molecule has 1 saturated heterocycles. The third-order valence-corrected chi connectivity index (χ3v) is 4.04. The molecule has 1 fully saturated rings. The van der Waals surface area contributed by atoms with Gasteiger partial charge in [0.15, 0.2) is 5.78 Å². The Labute approximate surface area is 128 Å². The minimum absolute atomic E-state index is 0.106. The minimum Gasteiger partial charge on any atom is -0.381 e. The molecule has 7 heteroatoms. The first-order chi connectivity index (χ1) is 10.5. The van der Waals surface area contributed by atoms with E-state index >= 15 is 0 Å². The summed E-state index contributed by atoms with van der Waals surface area (Å²) in [4.78, 5) is 22.1. The maximum absolute atomic E-state index is 11.4. The van der Waals surface area contributed by atoms with Gasteiger partial charge in [-0.25, -0.2) is 0 Å². The van der Waals surface area contributed by atoms with Crippen molar-refractivity contribution in [3.05, 3.63) is 33.9 Å². The van der Waals surface area contributed by atoms with Crippen LogP contribution in [0.4, 0.5) is 11.4 Å². The van der Waals surface area contributed by atoms with Crippen molar-refractivity contribution in [1.82, 2.24) is 0 Å². The molecular weight excluding hydrogens is 288 g/mol. The average molecular weight is 308 g/mol. The smallest absolute Gasteiger partial charge is 0.293 e. The Morgan fingerprint density at radius 3 is 2.68 bits per heavy atom. The van der Waals surface area contributed by atoms with Gasteiger partial charge in [-0.15, -0.1) is 0 Å². The Kier molecular flexibility index (Phi) is 5.10. The van der Waals surface area contributed by atoms with Gasteiger partial charge in [0, 0.05) is 51.3 Å². The van der Waals surface area contributed by atoms with Gasteiger partial charge in [0.05, 0.1) is 10.5 Å². The van der Waals surface area contributed by atoms with Crippen molar-refractivity contribution < 1.29 is 19.2 Å². The number of nitrogens with zero attached hydrogens (tertiary/aromatic N) is 1. The normalized spacial score (nSPS) is 17.0. The van der Waals surface area contributed by atoms with Crippen molar-refractivity contribution in [1.29, 1.82) is 0 Å². The van der Waals surface area contributed by atoms with E-state index in [0.29, 0.717) is 31.0 Å². The Morgan fingerprint density at radius 1 is 1.45 bits per heavy atom. The molecule has 0 unspecified atom stereocenters. The third kappa shape index (κ3) is 3.61. The zero-order valence-corrected chi connectivity index (χ0v) is 12.8. The summed E-state index contributed by atoms with van der Waals surface area (Å²) in [6, 6.07) is 4.45. The zero-order valence-electron chi connectivity index (χ0n) is 12.8. The van der Waals surface area contributed by atoms with Crippen molar-refractivity contribution >= 4 is 17.2 Å². The molecule has 0 aliphatic carbocycles. The number of rotatable bonds is 6. The van der Waals surface area contributed by atoms with Gasteiger partial charge in [0.2, 0.25) is 0 Å². The topological polar surface area (TPSA) is 90.7 Å². The molecule has 1 aliphatic heterocycles. The van der Waals surface area contributed by atoms with E-state index in [1.54, 1.807) is 19.2 Å². The van der Waals surface area contributed by atoms with Gasteiger partial charge in [0.25, 0.3) is 5.69 Å². The molecule has 1 aromatic rings. The van der Waals surface area contributed by atoms with Crippen LogP contribution < -0.4 is 5.32 Å². The Hall–Kier alpha value is -1.99. The SMILES string of the molecule is COC1(CNc2ccc(C(C)=O)cc2[N+](=O)[O-])CCOCC1. The lowest BCUT2D eigenvalue weighted by Crippen LogP contribution is -2.44. The van der Waals surface area contributed by atoms with E-state index in [1.807, 2.05) is 0 Å². The Morgan fingerprint density at radius 2 is 2.14 bits per heavy atom. The van der Waals surface area contributed by atoms with Crippen LogP contribution in [0.1, 0.15) is 30.1 Å². The van der Waals surface area contributed by atoms with E-state index in [0.717, 1.165) is 12.8 Å². The number of nitro benzene ring substituents is 1. The molecule has 120 valence electrons. The monoisotopic (exact) mass is 308 g/mol. The summed E-state index contributed by atoms with van der Waals surface area (Å²) < 4.78 is 10.9. The third-order valence-electron chi connectivity index (χ3n) is 4.04. The molecule has 2 rings (SSSR count). The molecular formula is C15H20N2O5. The van der Waals surface area contributed by atoms with E-state index in [-0.39, 0.29) is 17.1 Å². The molecule has 0 spiro atoms. The first-order valence-corrected chi connectivity index (χ1v) is 7.13. The van der Waals surface area contributed by atoms with E-state index < -0.39 is 4.92 Å². The summed E-state index contributed by atoms with van der Waals surface area (Å²) >= 11 is 0.